The highest BCUT2D eigenvalue weighted by molar-refractivity contribution is 5.96. The van der Waals surface area contributed by atoms with Crippen LogP contribution >= 0.6 is 0 Å². The maximum atomic E-state index is 11.1. The zero-order valence-electron chi connectivity index (χ0n) is 8.99. The summed E-state index contributed by atoms with van der Waals surface area (Å²) >= 11 is 0. The Labute approximate surface area is 92.7 Å². The highest BCUT2D eigenvalue weighted by Crippen LogP contribution is 2.46. The van der Waals surface area contributed by atoms with Gasteiger partial charge < -0.3 is 9.52 Å². The van der Waals surface area contributed by atoms with Crippen molar-refractivity contribution < 1.29 is 14.3 Å². The number of benzene rings is 1. The Balaban J connectivity index is 2.37. The maximum Gasteiger partial charge on any atom is 0.372 e. The third-order valence-corrected chi connectivity index (χ3v) is 3.13. The van der Waals surface area contributed by atoms with Gasteiger partial charge in [-0.25, -0.2) is 4.79 Å². The van der Waals surface area contributed by atoms with Crippen LogP contribution in [0.15, 0.2) is 22.6 Å². The molecule has 1 N–H and O–H groups in total. The molecular weight excluding hydrogens is 204 g/mol. The normalized spacial score (nSPS) is 15.6. The predicted molar refractivity (Wildman–Crippen MR) is 59.9 cm³/mol. The van der Waals surface area contributed by atoms with Crippen LogP contribution in [0.25, 0.3) is 11.0 Å². The largest absolute Gasteiger partial charge is 0.475 e. The van der Waals surface area contributed by atoms with Crippen molar-refractivity contribution in [3.8, 4) is 0 Å². The van der Waals surface area contributed by atoms with Gasteiger partial charge in [-0.3, -0.25) is 0 Å². The van der Waals surface area contributed by atoms with Crippen molar-refractivity contribution in [1.29, 1.82) is 0 Å². The van der Waals surface area contributed by atoms with Crippen LogP contribution in [0, 0.1) is 6.92 Å². The summed E-state index contributed by atoms with van der Waals surface area (Å²) in [5.74, 6) is -0.446. The number of fused-ring (bicyclic) bond motifs is 1. The number of rotatable bonds is 2. The molecule has 1 fully saturated rings. The van der Waals surface area contributed by atoms with E-state index in [4.69, 9.17) is 9.52 Å². The molecule has 0 saturated heterocycles. The fourth-order valence-corrected chi connectivity index (χ4v) is 2.22. The molecule has 2 aromatic rings. The van der Waals surface area contributed by atoms with E-state index in [2.05, 4.69) is 0 Å². The molecule has 1 heterocycles. The molecule has 1 aliphatic carbocycles. The lowest BCUT2D eigenvalue weighted by molar-refractivity contribution is 0.0663. The molecule has 3 heteroatoms. The van der Waals surface area contributed by atoms with E-state index in [1.165, 1.54) is 0 Å². The van der Waals surface area contributed by atoms with E-state index >= 15 is 0 Å². The highest BCUT2D eigenvalue weighted by Gasteiger charge is 2.33. The molecule has 1 aliphatic rings. The second kappa shape index (κ2) is 3.11. The van der Waals surface area contributed by atoms with Gasteiger partial charge in [-0.1, -0.05) is 18.2 Å². The monoisotopic (exact) mass is 216 g/mol. The molecule has 0 amide bonds. The predicted octanol–water partition coefficient (Wildman–Crippen LogP) is 3.32. The minimum absolute atomic E-state index is 0.131. The van der Waals surface area contributed by atoms with E-state index in [1.54, 1.807) is 0 Å². The molecule has 1 saturated carbocycles. The number of hydrogen-bond donors (Lipinski definition) is 1. The van der Waals surface area contributed by atoms with Gasteiger partial charge >= 0.3 is 5.97 Å². The second-order valence-corrected chi connectivity index (χ2v) is 4.38. The van der Waals surface area contributed by atoms with Crippen molar-refractivity contribution in [1.82, 2.24) is 0 Å². The average Bonchev–Trinajstić information content (AvgIpc) is 2.99. The molecule has 0 unspecified atom stereocenters. The van der Waals surface area contributed by atoms with Crippen molar-refractivity contribution >= 4 is 16.9 Å². The van der Waals surface area contributed by atoms with Gasteiger partial charge in [0.25, 0.3) is 0 Å². The number of aryl methyl sites for hydroxylation is 1. The lowest BCUT2D eigenvalue weighted by Crippen LogP contribution is -1.97. The van der Waals surface area contributed by atoms with Gasteiger partial charge in [-0.2, -0.15) is 0 Å². The van der Waals surface area contributed by atoms with Gasteiger partial charge in [0.05, 0.1) is 0 Å². The van der Waals surface area contributed by atoms with Crippen molar-refractivity contribution in [3.05, 3.63) is 35.1 Å². The fourth-order valence-electron chi connectivity index (χ4n) is 2.22. The lowest BCUT2D eigenvalue weighted by atomic mass is 10.0. The molecule has 0 atom stereocenters. The van der Waals surface area contributed by atoms with E-state index in [9.17, 15) is 4.79 Å². The zero-order chi connectivity index (χ0) is 11.3. The van der Waals surface area contributed by atoms with Gasteiger partial charge in [-0.15, -0.1) is 0 Å². The number of carboxylic acids is 1. The summed E-state index contributed by atoms with van der Waals surface area (Å²) in [7, 11) is 0. The molecule has 82 valence electrons. The Morgan fingerprint density at radius 3 is 2.81 bits per heavy atom. The fraction of sp³-hybridized carbons (Fsp3) is 0.308. The average molecular weight is 216 g/mol. The first-order valence-corrected chi connectivity index (χ1v) is 5.44. The minimum atomic E-state index is -0.961. The Bertz CT molecular complexity index is 576. The van der Waals surface area contributed by atoms with Crippen LogP contribution in [0.2, 0.25) is 0 Å². The van der Waals surface area contributed by atoms with Gasteiger partial charge in [0.1, 0.15) is 5.58 Å². The van der Waals surface area contributed by atoms with Crippen LogP contribution in [-0.4, -0.2) is 11.1 Å². The number of carboxylic acid groups (broad SMARTS) is 1. The Morgan fingerprint density at radius 1 is 1.44 bits per heavy atom. The summed E-state index contributed by atoms with van der Waals surface area (Å²) in [4.78, 5) is 11.1. The number of para-hydroxylation sites is 1. The van der Waals surface area contributed by atoms with Crippen LogP contribution in [-0.2, 0) is 0 Å². The van der Waals surface area contributed by atoms with Crippen molar-refractivity contribution in [2.45, 2.75) is 25.7 Å². The van der Waals surface area contributed by atoms with E-state index < -0.39 is 5.97 Å². The topological polar surface area (TPSA) is 50.4 Å². The van der Waals surface area contributed by atoms with E-state index in [-0.39, 0.29) is 5.76 Å². The van der Waals surface area contributed by atoms with Crippen molar-refractivity contribution in [2.75, 3.05) is 0 Å². The highest BCUT2D eigenvalue weighted by atomic mass is 16.4. The summed E-state index contributed by atoms with van der Waals surface area (Å²) in [5.41, 5.74) is 2.61. The smallest absolute Gasteiger partial charge is 0.372 e. The summed E-state index contributed by atoms with van der Waals surface area (Å²) < 4.78 is 5.49. The van der Waals surface area contributed by atoms with Crippen molar-refractivity contribution in [2.24, 2.45) is 0 Å². The standard InChI is InChI=1S/C13H12O3/c1-7-3-2-4-9-10(8-5-6-8)12(13(14)15)16-11(7)9/h2-4,8H,5-6H2,1H3,(H,14,15). The van der Waals surface area contributed by atoms with Crippen molar-refractivity contribution in [3.63, 3.8) is 0 Å². The summed E-state index contributed by atoms with van der Waals surface area (Å²) in [6.45, 7) is 1.94. The quantitative estimate of drug-likeness (QED) is 0.837. The van der Waals surface area contributed by atoms with Gasteiger partial charge in [-0.05, 0) is 31.2 Å². The second-order valence-electron chi connectivity index (χ2n) is 4.38. The van der Waals surface area contributed by atoms with Crippen LogP contribution < -0.4 is 0 Å². The molecule has 3 rings (SSSR count). The first-order chi connectivity index (χ1) is 7.68. The maximum absolute atomic E-state index is 11.1. The summed E-state index contributed by atoms with van der Waals surface area (Å²) in [6.07, 6.45) is 2.14. The molecule has 16 heavy (non-hydrogen) atoms. The van der Waals surface area contributed by atoms with Gasteiger partial charge in [0, 0.05) is 10.9 Å². The molecule has 0 spiro atoms. The number of hydrogen-bond acceptors (Lipinski definition) is 2. The first-order valence-electron chi connectivity index (χ1n) is 5.44. The third kappa shape index (κ3) is 1.24. The molecular formula is C13H12O3. The van der Waals surface area contributed by atoms with Crippen LogP contribution in [0.3, 0.4) is 0 Å². The Hall–Kier alpha value is -1.77. The van der Waals surface area contributed by atoms with E-state index in [1.807, 2.05) is 25.1 Å². The number of aromatic carboxylic acids is 1. The van der Waals surface area contributed by atoms with E-state index in [0.717, 1.165) is 34.9 Å². The first kappa shape index (κ1) is 9.46. The van der Waals surface area contributed by atoms with Gasteiger partial charge in [0.2, 0.25) is 5.76 Å². The third-order valence-electron chi connectivity index (χ3n) is 3.13. The summed E-state index contributed by atoms with van der Waals surface area (Å²) in [5, 5.41) is 10.1. The molecule has 1 aromatic heterocycles. The molecule has 0 bridgehead atoms. The number of furan rings is 1. The Morgan fingerprint density at radius 2 is 2.19 bits per heavy atom. The SMILES string of the molecule is Cc1cccc2c(C3CC3)c(C(=O)O)oc12. The molecule has 0 aliphatic heterocycles. The lowest BCUT2D eigenvalue weighted by Gasteiger charge is -1.95. The zero-order valence-corrected chi connectivity index (χ0v) is 8.99. The molecule has 1 aromatic carbocycles. The number of carbonyl (C=O) groups is 1. The molecule has 0 radical (unpaired) electrons. The molecule has 3 nitrogen and oxygen atoms in total. The summed E-state index contributed by atoms with van der Waals surface area (Å²) in [6, 6.07) is 5.84. The van der Waals surface area contributed by atoms with Crippen LogP contribution in [0.4, 0.5) is 0 Å². The van der Waals surface area contributed by atoms with Crippen LogP contribution in [0.5, 0.6) is 0 Å². The van der Waals surface area contributed by atoms with Gasteiger partial charge in [0.15, 0.2) is 0 Å². The van der Waals surface area contributed by atoms with Crippen LogP contribution in [0.1, 0.15) is 40.4 Å². The van der Waals surface area contributed by atoms with E-state index in [0.29, 0.717) is 5.92 Å². The Kier molecular flexibility index (Phi) is 1.84. The minimum Gasteiger partial charge on any atom is -0.475 e.